The van der Waals surface area contributed by atoms with Gasteiger partial charge in [-0.15, -0.1) is 0 Å². The first-order chi connectivity index (χ1) is 11.5. The Hall–Kier alpha value is -1.96. The molecule has 1 N–H and O–H groups in total. The highest BCUT2D eigenvalue weighted by molar-refractivity contribution is 7.92. The van der Waals surface area contributed by atoms with Gasteiger partial charge in [0, 0.05) is 18.5 Å². The molecule has 1 saturated carbocycles. The van der Waals surface area contributed by atoms with Crippen LogP contribution in [0.2, 0.25) is 0 Å². The second kappa shape index (κ2) is 5.84. The molecule has 8 heteroatoms. The fourth-order valence-electron chi connectivity index (χ4n) is 3.15. The highest BCUT2D eigenvalue weighted by atomic mass is 32.2. The van der Waals surface area contributed by atoms with Gasteiger partial charge >= 0.3 is 0 Å². The summed E-state index contributed by atoms with van der Waals surface area (Å²) in [6.45, 7) is 2.20. The van der Waals surface area contributed by atoms with E-state index in [0.717, 1.165) is 44.2 Å². The lowest BCUT2D eigenvalue weighted by Gasteiger charge is -2.33. The van der Waals surface area contributed by atoms with Crippen LogP contribution < -0.4 is 14.2 Å². The van der Waals surface area contributed by atoms with Gasteiger partial charge in [-0.3, -0.25) is 9.71 Å². The molecule has 3 aliphatic rings. The summed E-state index contributed by atoms with van der Waals surface area (Å²) < 4.78 is 38.0. The normalized spacial score (nSPS) is 22.9. The number of aliphatic imine (C=N–C) groups is 1. The van der Waals surface area contributed by atoms with Gasteiger partial charge in [0.15, 0.2) is 5.75 Å². The number of rotatable bonds is 5. The van der Waals surface area contributed by atoms with Crippen molar-refractivity contribution in [2.45, 2.75) is 31.4 Å². The summed E-state index contributed by atoms with van der Waals surface area (Å²) >= 11 is 0. The standard InChI is InChI=1S/C16H21N3O4S/c1-24(20,21)18-15-14(23-11-2-3-11)5-4-12-13(6-9-22-16(12)15)19-8-7-17-10-19/h4-5,10-11,13,18H,2-3,6-9H2,1H3. The third-order valence-electron chi connectivity index (χ3n) is 4.37. The van der Waals surface area contributed by atoms with E-state index < -0.39 is 10.0 Å². The quantitative estimate of drug-likeness (QED) is 0.874. The number of ether oxygens (including phenoxy) is 2. The molecule has 24 heavy (non-hydrogen) atoms. The zero-order chi connectivity index (χ0) is 16.7. The van der Waals surface area contributed by atoms with E-state index in [0.29, 0.717) is 23.8 Å². The van der Waals surface area contributed by atoms with Gasteiger partial charge in [-0.2, -0.15) is 0 Å². The van der Waals surface area contributed by atoms with Gasteiger partial charge in [-0.1, -0.05) is 0 Å². The van der Waals surface area contributed by atoms with Crippen LogP contribution in [0.15, 0.2) is 17.1 Å². The summed E-state index contributed by atoms with van der Waals surface area (Å²) in [5, 5.41) is 0. The van der Waals surface area contributed by atoms with Crippen molar-refractivity contribution < 1.29 is 17.9 Å². The Kier molecular flexibility index (Phi) is 3.79. The predicted molar refractivity (Wildman–Crippen MR) is 91.5 cm³/mol. The molecule has 0 radical (unpaired) electrons. The zero-order valence-corrected chi connectivity index (χ0v) is 14.4. The van der Waals surface area contributed by atoms with Crippen LogP contribution in [0.5, 0.6) is 11.5 Å². The van der Waals surface area contributed by atoms with Crippen LogP contribution in [0.4, 0.5) is 5.69 Å². The van der Waals surface area contributed by atoms with E-state index in [1.54, 1.807) is 0 Å². The predicted octanol–water partition coefficient (Wildman–Crippen LogP) is 1.77. The molecule has 0 saturated heterocycles. The second-order valence-electron chi connectivity index (χ2n) is 6.46. The van der Waals surface area contributed by atoms with Crippen molar-refractivity contribution in [2.24, 2.45) is 4.99 Å². The van der Waals surface area contributed by atoms with Crippen molar-refractivity contribution >= 4 is 22.0 Å². The fraction of sp³-hybridized carbons (Fsp3) is 0.562. The number of benzene rings is 1. The Morgan fingerprint density at radius 3 is 2.83 bits per heavy atom. The Morgan fingerprint density at radius 2 is 2.17 bits per heavy atom. The average molecular weight is 351 g/mol. The van der Waals surface area contributed by atoms with Crippen molar-refractivity contribution in [2.75, 3.05) is 30.7 Å². The third kappa shape index (κ3) is 3.15. The molecule has 1 unspecified atom stereocenters. The van der Waals surface area contributed by atoms with E-state index in [1.165, 1.54) is 0 Å². The number of fused-ring (bicyclic) bond motifs is 1. The van der Waals surface area contributed by atoms with Crippen LogP contribution in [0.3, 0.4) is 0 Å². The molecule has 0 spiro atoms. The molecular formula is C16H21N3O4S. The molecule has 4 rings (SSSR count). The van der Waals surface area contributed by atoms with Crippen LogP contribution in [0.25, 0.3) is 0 Å². The van der Waals surface area contributed by atoms with Crippen LogP contribution in [0, 0.1) is 0 Å². The lowest BCUT2D eigenvalue weighted by atomic mass is 9.98. The first-order valence-electron chi connectivity index (χ1n) is 8.21. The van der Waals surface area contributed by atoms with Crippen molar-refractivity contribution in [1.29, 1.82) is 0 Å². The van der Waals surface area contributed by atoms with Crippen molar-refractivity contribution in [3.63, 3.8) is 0 Å². The molecule has 7 nitrogen and oxygen atoms in total. The van der Waals surface area contributed by atoms with E-state index in [4.69, 9.17) is 9.47 Å². The average Bonchev–Trinajstić information content (AvgIpc) is 3.18. The first kappa shape index (κ1) is 15.6. The molecule has 2 aliphatic heterocycles. The molecule has 0 aromatic heterocycles. The Labute approximate surface area is 141 Å². The molecule has 1 fully saturated rings. The van der Waals surface area contributed by atoms with Crippen molar-refractivity contribution in [3.8, 4) is 11.5 Å². The molecule has 2 heterocycles. The number of hydrogen-bond donors (Lipinski definition) is 1. The molecule has 1 aliphatic carbocycles. The lowest BCUT2D eigenvalue weighted by Crippen LogP contribution is -2.30. The van der Waals surface area contributed by atoms with E-state index in [-0.39, 0.29) is 12.1 Å². The summed E-state index contributed by atoms with van der Waals surface area (Å²) in [5.74, 6) is 1.12. The summed E-state index contributed by atoms with van der Waals surface area (Å²) in [6, 6.07) is 3.98. The molecule has 0 bridgehead atoms. The molecule has 1 aromatic rings. The van der Waals surface area contributed by atoms with Crippen molar-refractivity contribution in [3.05, 3.63) is 17.7 Å². The van der Waals surface area contributed by atoms with Gasteiger partial charge in [0.1, 0.15) is 11.4 Å². The molecule has 1 atom stereocenters. The SMILES string of the molecule is CS(=O)(=O)Nc1c(OC2CC2)ccc2c1OCCC2N1C=NCC1. The maximum atomic E-state index is 11.8. The Morgan fingerprint density at radius 1 is 1.33 bits per heavy atom. The van der Waals surface area contributed by atoms with Crippen molar-refractivity contribution in [1.82, 2.24) is 4.90 Å². The zero-order valence-electron chi connectivity index (χ0n) is 13.6. The lowest BCUT2D eigenvalue weighted by molar-refractivity contribution is 0.209. The van der Waals surface area contributed by atoms with Gasteiger partial charge in [0.25, 0.3) is 0 Å². The minimum Gasteiger partial charge on any atom is -0.491 e. The van der Waals surface area contributed by atoms with Crippen LogP contribution in [0.1, 0.15) is 30.9 Å². The number of anilines is 1. The minimum atomic E-state index is -3.43. The monoisotopic (exact) mass is 351 g/mol. The smallest absolute Gasteiger partial charge is 0.230 e. The van der Waals surface area contributed by atoms with Crippen LogP contribution >= 0.6 is 0 Å². The van der Waals surface area contributed by atoms with Crippen LogP contribution in [-0.4, -0.2) is 51.7 Å². The molecule has 0 amide bonds. The maximum Gasteiger partial charge on any atom is 0.230 e. The minimum absolute atomic E-state index is 0.148. The maximum absolute atomic E-state index is 11.8. The summed E-state index contributed by atoms with van der Waals surface area (Å²) in [7, 11) is -3.43. The third-order valence-corrected chi connectivity index (χ3v) is 4.94. The number of hydrogen-bond acceptors (Lipinski definition) is 6. The van der Waals surface area contributed by atoms with E-state index >= 15 is 0 Å². The highest BCUT2D eigenvalue weighted by Gasteiger charge is 2.32. The van der Waals surface area contributed by atoms with Gasteiger partial charge in [-0.25, -0.2) is 8.42 Å². The largest absolute Gasteiger partial charge is 0.491 e. The molecular weight excluding hydrogens is 330 g/mol. The van der Waals surface area contributed by atoms with Gasteiger partial charge in [0.05, 0.1) is 37.9 Å². The van der Waals surface area contributed by atoms with Gasteiger partial charge in [-0.05, 0) is 25.0 Å². The van der Waals surface area contributed by atoms with E-state index in [9.17, 15) is 8.42 Å². The van der Waals surface area contributed by atoms with Crippen LogP contribution in [-0.2, 0) is 10.0 Å². The number of nitrogens with zero attached hydrogens (tertiary/aromatic N) is 2. The van der Waals surface area contributed by atoms with Gasteiger partial charge < -0.3 is 14.4 Å². The van der Waals surface area contributed by atoms with Gasteiger partial charge in [0.2, 0.25) is 10.0 Å². The summed E-state index contributed by atoms with van der Waals surface area (Å²) in [5.41, 5.74) is 1.40. The number of sulfonamides is 1. The fourth-order valence-corrected chi connectivity index (χ4v) is 3.71. The van der Waals surface area contributed by atoms with E-state index in [1.807, 2.05) is 18.5 Å². The molecule has 130 valence electrons. The summed E-state index contributed by atoms with van der Waals surface area (Å²) in [6.07, 6.45) is 6.04. The summed E-state index contributed by atoms with van der Waals surface area (Å²) in [4.78, 5) is 6.47. The topological polar surface area (TPSA) is 80.2 Å². The Balaban J connectivity index is 1.75. The van der Waals surface area contributed by atoms with E-state index in [2.05, 4.69) is 14.6 Å². The second-order valence-corrected chi connectivity index (χ2v) is 8.21. The highest BCUT2D eigenvalue weighted by Crippen LogP contribution is 2.46. The first-order valence-corrected chi connectivity index (χ1v) is 10.1. The number of nitrogens with one attached hydrogen (secondary N) is 1. The Bertz CT molecular complexity index is 774. The molecule has 1 aromatic carbocycles.